The molecule has 2 N–H and O–H groups in total. The molecule has 1 rings (SSSR count). The second-order valence-electron chi connectivity index (χ2n) is 3.67. The van der Waals surface area contributed by atoms with Gasteiger partial charge in [0.1, 0.15) is 0 Å². The molecular formula is C9H12F3N3O4. The Kier molecular flexibility index (Phi) is 4.84. The molecule has 0 aliphatic carbocycles. The second kappa shape index (κ2) is 5.97. The number of halogens is 3. The zero-order chi connectivity index (χ0) is 14.6. The zero-order valence-electron chi connectivity index (χ0n) is 9.89. The van der Waals surface area contributed by atoms with E-state index < -0.39 is 30.5 Å². The van der Waals surface area contributed by atoms with Gasteiger partial charge in [-0.2, -0.15) is 13.2 Å². The van der Waals surface area contributed by atoms with E-state index >= 15 is 0 Å². The Labute approximate surface area is 105 Å². The van der Waals surface area contributed by atoms with Crippen molar-refractivity contribution in [3.05, 3.63) is 11.4 Å². The minimum Gasteiger partial charge on any atom is -0.476 e. The van der Waals surface area contributed by atoms with Gasteiger partial charge in [-0.25, -0.2) is 9.48 Å². The number of methoxy groups -OCH3 is 1. The summed E-state index contributed by atoms with van der Waals surface area (Å²) >= 11 is 0. The minimum absolute atomic E-state index is 0.0235. The van der Waals surface area contributed by atoms with Crippen LogP contribution in [-0.4, -0.2) is 57.2 Å². The molecule has 7 nitrogen and oxygen atoms in total. The summed E-state index contributed by atoms with van der Waals surface area (Å²) in [7, 11) is 1.36. The number of aliphatic hydroxyl groups excluding tert-OH is 1. The average molecular weight is 283 g/mol. The van der Waals surface area contributed by atoms with Crippen LogP contribution in [0.4, 0.5) is 13.2 Å². The number of aromatic nitrogens is 3. The van der Waals surface area contributed by atoms with Crippen LogP contribution in [0.15, 0.2) is 0 Å². The highest BCUT2D eigenvalue weighted by Gasteiger charge is 2.39. The molecule has 108 valence electrons. The summed E-state index contributed by atoms with van der Waals surface area (Å²) in [6, 6.07) is 0. The maximum Gasteiger partial charge on any atom is 0.416 e. The highest BCUT2D eigenvalue weighted by Crippen LogP contribution is 2.21. The minimum atomic E-state index is -4.81. The van der Waals surface area contributed by atoms with Gasteiger partial charge in [-0.1, -0.05) is 5.21 Å². The molecule has 0 radical (unpaired) electrons. The molecule has 0 saturated carbocycles. The SMILES string of the molecule is COCCc1c(C(=O)O)nnn1CC(O)C(F)(F)F. The third-order valence-corrected chi connectivity index (χ3v) is 2.31. The van der Waals surface area contributed by atoms with Gasteiger partial charge in [0.15, 0.2) is 11.8 Å². The van der Waals surface area contributed by atoms with Crippen LogP contribution in [-0.2, 0) is 17.7 Å². The quantitative estimate of drug-likeness (QED) is 0.767. The summed E-state index contributed by atoms with van der Waals surface area (Å²) in [5, 5.41) is 24.4. The molecule has 0 amide bonds. The standard InChI is InChI=1S/C9H12F3N3O4/c1-19-3-2-5-7(8(17)18)13-14-15(5)4-6(16)9(10,11)12/h6,16H,2-4H2,1H3,(H,17,18). The van der Waals surface area contributed by atoms with Gasteiger partial charge in [0.2, 0.25) is 0 Å². The lowest BCUT2D eigenvalue weighted by molar-refractivity contribution is -0.208. The molecule has 0 aliphatic heterocycles. The van der Waals surface area contributed by atoms with Gasteiger partial charge in [-0.05, 0) is 0 Å². The number of hydrogen-bond donors (Lipinski definition) is 2. The normalized spacial score (nSPS) is 13.5. The van der Waals surface area contributed by atoms with Crippen LogP contribution >= 0.6 is 0 Å². The number of nitrogens with zero attached hydrogens (tertiary/aromatic N) is 3. The fourth-order valence-corrected chi connectivity index (χ4v) is 1.36. The summed E-state index contributed by atoms with van der Waals surface area (Å²) < 4.78 is 42.1. The molecule has 0 spiro atoms. The van der Waals surface area contributed by atoms with Crippen molar-refractivity contribution in [2.24, 2.45) is 0 Å². The molecule has 1 atom stereocenters. The van der Waals surface area contributed by atoms with E-state index in [2.05, 4.69) is 10.3 Å². The molecule has 1 heterocycles. The zero-order valence-corrected chi connectivity index (χ0v) is 9.89. The molecule has 19 heavy (non-hydrogen) atoms. The van der Waals surface area contributed by atoms with Crippen LogP contribution in [0.2, 0.25) is 0 Å². The number of rotatable bonds is 6. The first-order valence-electron chi connectivity index (χ1n) is 5.16. The Hall–Kier alpha value is -1.68. The van der Waals surface area contributed by atoms with Gasteiger partial charge in [0.05, 0.1) is 18.8 Å². The number of alkyl halides is 3. The Bertz CT molecular complexity index is 446. The lowest BCUT2D eigenvalue weighted by Gasteiger charge is -2.15. The summed E-state index contributed by atoms with van der Waals surface area (Å²) in [5.41, 5.74) is -0.482. The van der Waals surface area contributed by atoms with Crippen molar-refractivity contribution in [2.45, 2.75) is 25.2 Å². The molecule has 1 aromatic rings. The fourth-order valence-electron chi connectivity index (χ4n) is 1.36. The van der Waals surface area contributed by atoms with E-state index in [1.54, 1.807) is 0 Å². The van der Waals surface area contributed by atoms with Gasteiger partial charge in [-0.15, -0.1) is 5.10 Å². The number of carbonyl (C=O) groups is 1. The highest BCUT2D eigenvalue weighted by molar-refractivity contribution is 5.86. The molecule has 0 saturated heterocycles. The summed E-state index contributed by atoms with van der Waals surface area (Å²) in [6.07, 6.45) is -7.43. The lowest BCUT2D eigenvalue weighted by Crippen LogP contribution is -2.33. The van der Waals surface area contributed by atoms with E-state index in [1.807, 2.05) is 0 Å². The Morgan fingerprint density at radius 1 is 1.53 bits per heavy atom. The van der Waals surface area contributed by atoms with Crippen molar-refractivity contribution in [2.75, 3.05) is 13.7 Å². The largest absolute Gasteiger partial charge is 0.476 e. The molecule has 0 fully saturated rings. The van der Waals surface area contributed by atoms with Gasteiger partial charge in [-0.3, -0.25) is 0 Å². The predicted octanol–water partition coefficient (Wildman–Crippen LogP) is 0.0884. The first kappa shape index (κ1) is 15.4. The van der Waals surface area contributed by atoms with Gasteiger partial charge in [0, 0.05) is 13.5 Å². The van der Waals surface area contributed by atoms with Crippen molar-refractivity contribution >= 4 is 5.97 Å². The summed E-state index contributed by atoms with van der Waals surface area (Å²) in [5.74, 6) is -1.40. The molecular weight excluding hydrogens is 271 g/mol. The first-order chi connectivity index (χ1) is 8.77. The van der Waals surface area contributed by atoms with Crippen LogP contribution in [0.5, 0.6) is 0 Å². The van der Waals surface area contributed by atoms with Gasteiger partial charge >= 0.3 is 12.1 Å². The highest BCUT2D eigenvalue weighted by atomic mass is 19.4. The van der Waals surface area contributed by atoms with Crippen molar-refractivity contribution in [3.63, 3.8) is 0 Å². The van der Waals surface area contributed by atoms with Crippen LogP contribution in [0.25, 0.3) is 0 Å². The predicted molar refractivity (Wildman–Crippen MR) is 54.6 cm³/mol. The fraction of sp³-hybridized carbons (Fsp3) is 0.667. The van der Waals surface area contributed by atoms with E-state index in [0.29, 0.717) is 0 Å². The van der Waals surface area contributed by atoms with E-state index in [9.17, 15) is 18.0 Å². The van der Waals surface area contributed by atoms with E-state index in [0.717, 1.165) is 4.68 Å². The smallest absolute Gasteiger partial charge is 0.416 e. The Balaban J connectivity index is 2.97. The van der Waals surface area contributed by atoms with Crippen molar-refractivity contribution in [1.82, 2.24) is 15.0 Å². The maximum atomic E-state index is 12.2. The maximum absolute atomic E-state index is 12.2. The summed E-state index contributed by atoms with van der Waals surface area (Å²) in [6.45, 7) is -0.821. The van der Waals surface area contributed by atoms with Crippen LogP contribution in [0, 0.1) is 0 Å². The number of aromatic carboxylic acids is 1. The van der Waals surface area contributed by atoms with Crippen molar-refractivity contribution in [1.29, 1.82) is 0 Å². The van der Waals surface area contributed by atoms with E-state index in [4.69, 9.17) is 14.9 Å². The number of carboxylic acid groups (broad SMARTS) is 1. The molecule has 1 unspecified atom stereocenters. The van der Waals surface area contributed by atoms with Crippen molar-refractivity contribution < 1.29 is 32.9 Å². The average Bonchev–Trinajstić information content (AvgIpc) is 2.68. The van der Waals surface area contributed by atoms with Crippen LogP contribution in [0.3, 0.4) is 0 Å². The second-order valence-corrected chi connectivity index (χ2v) is 3.67. The van der Waals surface area contributed by atoms with Gasteiger partial charge in [0.25, 0.3) is 0 Å². The topological polar surface area (TPSA) is 97.5 Å². The van der Waals surface area contributed by atoms with Crippen molar-refractivity contribution in [3.8, 4) is 0 Å². The third-order valence-electron chi connectivity index (χ3n) is 2.31. The molecule has 1 aromatic heterocycles. The lowest BCUT2D eigenvalue weighted by atomic mass is 10.2. The summed E-state index contributed by atoms with van der Waals surface area (Å²) in [4.78, 5) is 10.8. The van der Waals surface area contributed by atoms with E-state index in [-0.39, 0.29) is 18.7 Å². The number of aliphatic hydroxyl groups is 1. The molecule has 0 aliphatic rings. The molecule has 0 aromatic carbocycles. The first-order valence-corrected chi connectivity index (χ1v) is 5.16. The molecule has 10 heteroatoms. The Morgan fingerprint density at radius 2 is 2.16 bits per heavy atom. The molecule has 0 bridgehead atoms. The van der Waals surface area contributed by atoms with Gasteiger partial charge < -0.3 is 14.9 Å². The number of carboxylic acids is 1. The van der Waals surface area contributed by atoms with Crippen LogP contribution in [0.1, 0.15) is 16.2 Å². The monoisotopic (exact) mass is 283 g/mol. The number of ether oxygens (including phenoxy) is 1. The number of hydrogen-bond acceptors (Lipinski definition) is 5. The third kappa shape index (κ3) is 3.89. The van der Waals surface area contributed by atoms with Crippen LogP contribution < -0.4 is 0 Å². The Morgan fingerprint density at radius 3 is 2.63 bits per heavy atom. The van der Waals surface area contributed by atoms with E-state index in [1.165, 1.54) is 7.11 Å².